The molecule has 0 bridgehead atoms. The summed E-state index contributed by atoms with van der Waals surface area (Å²) in [5, 5.41) is 0. The number of hydrogen-bond acceptors (Lipinski definition) is 4. The zero-order valence-corrected chi connectivity index (χ0v) is 14.5. The summed E-state index contributed by atoms with van der Waals surface area (Å²) in [6, 6.07) is 7.68. The summed E-state index contributed by atoms with van der Waals surface area (Å²) in [4.78, 5) is 24.8. The van der Waals surface area contributed by atoms with Gasteiger partial charge in [0.15, 0.2) is 5.78 Å². The Balaban J connectivity index is 2.55. The van der Waals surface area contributed by atoms with E-state index < -0.39 is 17.5 Å². The molecule has 3 nitrogen and oxygen atoms in total. The molecule has 0 aliphatic carbocycles. The molecule has 1 unspecified atom stereocenters. The summed E-state index contributed by atoms with van der Waals surface area (Å²) in [6.45, 7) is 6.96. The van der Waals surface area contributed by atoms with E-state index in [2.05, 4.69) is 15.9 Å². The van der Waals surface area contributed by atoms with Crippen molar-refractivity contribution in [2.45, 2.75) is 38.2 Å². The normalized spacial score (nSPS) is 12.8. The van der Waals surface area contributed by atoms with Crippen molar-refractivity contribution < 1.29 is 14.3 Å². The lowest BCUT2D eigenvalue weighted by Crippen LogP contribution is -2.31. The fraction of sp³-hybridized carbons (Fsp3) is 0.467. The minimum atomic E-state index is -0.732. The van der Waals surface area contributed by atoms with Gasteiger partial charge in [-0.3, -0.25) is 9.59 Å². The Labute approximate surface area is 132 Å². The van der Waals surface area contributed by atoms with Crippen molar-refractivity contribution in [3.05, 3.63) is 28.7 Å². The SMILES string of the molecule is CC(C(=O)CSc1ccccc1Br)C(=O)OC(C)(C)C. The lowest BCUT2D eigenvalue weighted by molar-refractivity contribution is -0.160. The number of ketones is 1. The van der Waals surface area contributed by atoms with Gasteiger partial charge < -0.3 is 4.74 Å². The second-order valence-corrected chi connectivity index (χ2v) is 7.31. The van der Waals surface area contributed by atoms with Gasteiger partial charge in [-0.2, -0.15) is 0 Å². The number of Topliss-reactive ketones (excluding diaryl/α,β-unsaturated/α-hetero) is 1. The first-order chi connectivity index (χ1) is 9.20. The van der Waals surface area contributed by atoms with E-state index in [-0.39, 0.29) is 11.5 Å². The fourth-order valence-corrected chi connectivity index (χ4v) is 2.91. The van der Waals surface area contributed by atoms with Gasteiger partial charge in [-0.1, -0.05) is 12.1 Å². The Hall–Kier alpha value is -0.810. The van der Waals surface area contributed by atoms with E-state index in [9.17, 15) is 9.59 Å². The van der Waals surface area contributed by atoms with Crippen LogP contribution in [-0.4, -0.2) is 23.1 Å². The molecule has 0 saturated heterocycles. The smallest absolute Gasteiger partial charge is 0.316 e. The van der Waals surface area contributed by atoms with Gasteiger partial charge in [0.1, 0.15) is 11.5 Å². The van der Waals surface area contributed by atoms with E-state index in [1.165, 1.54) is 11.8 Å². The maximum atomic E-state index is 12.0. The van der Waals surface area contributed by atoms with Crippen LogP contribution in [0.2, 0.25) is 0 Å². The van der Waals surface area contributed by atoms with E-state index in [0.717, 1.165) is 9.37 Å². The lowest BCUT2D eigenvalue weighted by atomic mass is 10.1. The molecule has 1 rings (SSSR count). The van der Waals surface area contributed by atoms with Crippen LogP contribution in [0, 0.1) is 5.92 Å². The Bertz CT molecular complexity index is 494. The summed E-state index contributed by atoms with van der Waals surface area (Å²) in [5.74, 6) is -1.07. The minimum Gasteiger partial charge on any atom is -0.459 e. The largest absolute Gasteiger partial charge is 0.459 e. The summed E-state index contributed by atoms with van der Waals surface area (Å²) < 4.78 is 6.17. The molecular formula is C15H19BrO3S. The molecule has 1 aromatic rings. The minimum absolute atomic E-state index is 0.125. The molecule has 0 aliphatic heterocycles. The predicted molar refractivity (Wildman–Crippen MR) is 84.9 cm³/mol. The number of carbonyl (C=O) groups is 2. The molecule has 0 saturated carbocycles. The van der Waals surface area contributed by atoms with Crippen molar-refractivity contribution in [2.24, 2.45) is 5.92 Å². The molecule has 0 amide bonds. The van der Waals surface area contributed by atoms with E-state index >= 15 is 0 Å². The Morgan fingerprint density at radius 3 is 2.45 bits per heavy atom. The number of ether oxygens (including phenoxy) is 1. The Kier molecular flexibility index (Phi) is 6.27. The summed E-state index contributed by atoms with van der Waals surface area (Å²) in [7, 11) is 0. The van der Waals surface area contributed by atoms with Gasteiger partial charge >= 0.3 is 5.97 Å². The molecule has 0 aliphatic rings. The molecule has 0 fully saturated rings. The summed E-state index contributed by atoms with van der Waals surface area (Å²) >= 11 is 4.84. The zero-order valence-electron chi connectivity index (χ0n) is 12.1. The molecule has 110 valence electrons. The Morgan fingerprint density at radius 2 is 1.90 bits per heavy atom. The zero-order chi connectivity index (χ0) is 15.3. The van der Waals surface area contributed by atoms with Crippen LogP contribution < -0.4 is 0 Å². The average molecular weight is 359 g/mol. The second-order valence-electron chi connectivity index (χ2n) is 5.44. The molecule has 1 aromatic carbocycles. The first kappa shape index (κ1) is 17.2. The third-order valence-corrected chi connectivity index (χ3v) is 4.50. The molecule has 5 heteroatoms. The Morgan fingerprint density at radius 1 is 1.30 bits per heavy atom. The van der Waals surface area contributed by atoms with Crippen molar-refractivity contribution >= 4 is 39.4 Å². The molecule has 0 spiro atoms. The average Bonchev–Trinajstić information content (AvgIpc) is 2.34. The van der Waals surface area contributed by atoms with Crippen LogP contribution in [0.1, 0.15) is 27.7 Å². The van der Waals surface area contributed by atoms with E-state index in [0.29, 0.717) is 0 Å². The van der Waals surface area contributed by atoms with Crippen LogP contribution in [0.25, 0.3) is 0 Å². The fourth-order valence-electron chi connectivity index (χ4n) is 1.36. The highest BCUT2D eigenvalue weighted by Crippen LogP contribution is 2.27. The first-order valence-electron chi connectivity index (χ1n) is 6.33. The van der Waals surface area contributed by atoms with Gasteiger partial charge in [-0.25, -0.2) is 0 Å². The molecule has 0 aromatic heterocycles. The number of carbonyl (C=O) groups excluding carboxylic acids is 2. The maximum absolute atomic E-state index is 12.0. The molecule has 20 heavy (non-hydrogen) atoms. The number of benzene rings is 1. The van der Waals surface area contributed by atoms with Crippen molar-refractivity contribution in [3.8, 4) is 0 Å². The van der Waals surface area contributed by atoms with Crippen LogP contribution in [0.15, 0.2) is 33.6 Å². The third kappa shape index (κ3) is 5.67. The van der Waals surface area contributed by atoms with Gasteiger partial charge in [0.05, 0.1) is 5.75 Å². The van der Waals surface area contributed by atoms with Crippen LogP contribution in [0.5, 0.6) is 0 Å². The monoisotopic (exact) mass is 358 g/mol. The standard InChI is InChI=1S/C15H19BrO3S/c1-10(14(18)19-15(2,3)4)12(17)9-20-13-8-6-5-7-11(13)16/h5-8,10H,9H2,1-4H3. The summed E-state index contributed by atoms with van der Waals surface area (Å²) in [5.41, 5.74) is -0.568. The first-order valence-corrected chi connectivity index (χ1v) is 8.11. The second kappa shape index (κ2) is 7.27. The van der Waals surface area contributed by atoms with Crippen molar-refractivity contribution in [3.63, 3.8) is 0 Å². The number of esters is 1. The van der Waals surface area contributed by atoms with Gasteiger partial charge in [0.2, 0.25) is 0 Å². The van der Waals surface area contributed by atoms with E-state index in [4.69, 9.17) is 4.74 Å². The van der Waals surface area contributed by atoms with Crippen LogP contribution in [-0.2, 0) is 14.3 Å². The molecule has 0 radical (unpaired) electrons. The van der Waals surface area contributed by atoms with Gasteiger partial charge in [-0.05, 0) is 55.8 Å². The van der Waals surface area contributed by atoms with Crippen LogP contribution in [0.3, 0.4) is 0 Å². The van der Waals surface area contributed by atoms with Crippen molar-refractivity contribution in [2.75, 3.05) is 5.75 Å². The van der Waals surface area contributed by atoms with Crippen molar-refractivity contribution in [1.82, 2.24) is 0 Å². The van der Waals surface area contributed by atoms with Gasteiger partial charge in [-0.15, -0.1) is 11.8 Å². The highest BCUT2D eigenvalue weighted by atomic mass is 79.9. The molecule has 0 heterocycles. The maximum Gasteiger partial charge on any atom is 0.316 e. The number of rotatable bonds is 5. The highest BCUT2D eigenvalue weighted by molar-refractivity contribution is 9.10. The number of hydrogen-bond donors (Lipinski definition) is 0. The molecule has 1 atom stereocenters. The third-order valence-electron chi connectivity index (χ3n) is 2.45. The highest BCUT2D eigenvalue weighted by Gasteiger charge is 2.26. The quantitative estimate of drug-likeness (QED) is 0.451. The van der Waals surface area contributed by atoms with Crippen molar-refractivity contribution in [1.29, 1.82) is 0 Å². The number of halogens is 1. The van der Waals surface area contributed by atoms with Crippen LogP contribution in [0.4, 0.5) is 0 Å². The lowest BCUT2D eigenvalue weighted by Gasteiger charge is -2.21. The van der Waals surface area contributed by atoms with Gasteiger partial charge in [0, 0.05) is 9.37 Å². The summed E-state index contributed by atoms with van der Waals surface area (Å²) in [6.07, 6.45) is 0. The number of thioether (sulfide) groups is 1. The topological polar surface area (TPSA) is 43.4 Å². The van der Waals surface area contributed by atoms with E-state index in [1.54, 1.807) is 27.7 Å². The van der Waals surface area contributed by atoms with E-state index in [1.807, 2.05) is 24.3 Å². The molecule has 0 N–H and O–H groups in total. The van der Waals surface area contributed by atoms with Crippen LogP contribution >= 0.6 is 27.7 Å². The molecular weight excluding hydrogens is 340 g/mol. The van der Waals surface area contributed by atoms with Gasteiger partial charge in [0.25, 0.3) is 0 Å². The predicted octanol–water partition coefficient (Wildman–Crippen LogP) is 4.09.